The summed E-state index contributed by atoms with van der Waals surface area (Å²) >= 11 is 0. The summed E-state index contributed by atoms with van der Waals surface area (Å²) < 4.78 is 10.8. The summed E-state index contributed by atoms with van der Waals surface area (Å²) in [6, 6.07) is 15.9. The Morgan fingerprint density at radius 1 is 0.893 bits per heavy atom. The van der Waals surface area contributed by atoms with Gasteiger partial charge in [0, 0.05) is 35.6 Å². The number of nitrogens with zero attached hydrogens (tertiary/aromatic N) is 1. The van der Waals surface area contributed by atoms with E-state index in [0.29, 0.717) is 5.56 Å². The molecule has 148 valence electrons. The lowest BCUT2D eigenvalue weighted by Gasteiger charge is -2.28. The number of ether oxygens (including phenoxy) is 2. The number of hydrogen-bond acceptors (Lipinski definition) is 4. The van der Waals surface area contributed by atoms with Crippen LogP contribution in [0.15, 0.2) is 48.5 Å². The summed E-state index contributed by atoms with van der Waals surface area (Å²) in [5, 5.41) is 2.99. The molecule has 4 rings (SSSR count). The van der Waals surface area contributed by atoms with Gasteiger partial charge in [-0.25, -0.2) is 0 Å². The molecule has 0 aliphatic carbocycles. The normalized spacial score (nSPS) is 18.1. The van der Waals surface area contributed by atoms with Gasteiger partial charge in [0.2, 0.25) is 0 Å². The SMILES string of the molecule is O=C(Nc1ccc(N2CCOCC2)cc1)c1ccc(C[NH+]2CCOCC2)cc1. The average Bonchev–Trinajstić information content (AvgIpc) is 2.76. The molecule has 0 atom stereocenters. The smallest absolute Gasteiger partial charge is 0.255 e. The maximum atomic E-state index is 12.5. The van der Waals surface area contributed by atoms with Gasteiger partial charge in [-0.3, -0.25) is 4.79 Å². The number of benzene rings is 2. The first-order chi connectivity index (χ1) is 13.8. The molecule has 2 heterocycles. The van der Waals surface area contributed by atoms with Crippen molar-refractivity contribution >= 4 is 17.3 Å². The number of rotatable bonds is 5. The van der Waals surface area contributed by atoms with Crippen LogP contribution in [0.2, 0.25) is 0 Å². The van der Waals surface area contributed by atoms with Gasteiger partial charge in [-0.05, 0) is 36.4 Å². The quantitative estimate of drug-likeness (QED) is 0.816. The van der Waals surface area contributed by atoms with Crippen LogP contribution in [-0.2, 0) is 16.0 Å². The Morgan fingerprint density at radius 2 is 1.54 bits per heavy atom. The molecule has 2 saturated heterocycles. The number of morpholine rings is 2. The average molecular weight is 382 g/mol. The summed E-state index contributed by atoms with van der Waals surface area (Å²) in [6.45, 7) is 8.08. The molecule has 2 N–H and O–H groups in total. The number of anilines is 2. The second-order valence-corrected chi connectivity index (χ2v) is 7.34. The van der Waals surface area contributed by atoms with Crippen LogP contribution in [0.25, 0.3) is 0 Å². The first-order valence-electron chi connectivity index (χ1n) is 10.0. The highest BCUT2D eigenvalue weighted by Crippen LogP contribution is 2.19. The monoisotopic (exact) mass is 382 g/mol. The molecule has 6 heteroatoms. The molecule has 0 spiro atoms. The van der Waals surface area contributed by atoms with Crippen LogP contribution in [0.3, 0.4) is 0 Å². The van der Waals surface area contributed by atoms with Crippen LogP contribution in [0, 0.1) is 0 Å². The fourth-order valence-electron chi connectivity index (χ4n) is 3.68. The van der Waals surface area contributed by atoms with E-state index in [2.05, 4.69) is 34.5 Å². The van der Waals surface area contributed by atoms with Crippen molar-refractivity contribution in [3.8, 4) is 0 Å². The molecule has 2 aliphatic rings. The lowest BCUT2D eigenvalue weighted by molar-refractivity contribution is -0.921. The van der Waals surface area contributed by atoms with Gasteiger partial charge in [-0.1, -0.05) is 12.1 Å². The Balaban J connectivity index is 1.32. The van der Waals surface area contributed by atoms with Gasteiger partial charge in [0.1, 0.15) is 19.6 Å². The van der Waals surface area contributed by atoms with Crippen LogP contribution < -0.4 is 15.1 Å². The Kier molecular flexibility index (Phi) is 6.21. The van der Waals surface area contributed by atoms with Crippen molar-refractivity contribution < 1.29 is 19.2 Å². The zero-order valence-corrected chi connectivity index (χ0v) is 16.2. The molecule has 2 aliphatic heterocycles. The largest absolute Gasteiger partial charge is 0.378 e. The molecule has 0 unspecified atom stereocenters. The number of quaternary nitrogens is 1. The third-order valence-corrected chi connectivity index (χ3v) is 5.37. The Bertz CT molecular complexity index is 765. The predicted molar refractivity (Wildman–Crippen MR) is 109 cm³/mol. The second-order valence-electron chi connectivity index (χ2n) is 7.34. The fraction of sp³-hybridized carbons (Fsp3) is 0.409. The maximum Gasteiger partial charge on any atom is 0.255 e. The van der Waals surface area contributed by atoms with Gasteiger partial charge in [-0.15, -0.1) is 0 Å². The van der Waals surface area contributed by atoms with Crippen molar-refractivity contribution in [3.05, 3.63) is 59.7 Å². The van der Waals surface area contributed by atoms with Crippen molar-refractivity contribution in [1.29, 1.82) is 0 Å². The van der Waals surface area contributed by atoms with Gasteiger partial charge in [-0.2, -0.15) is 0 Å². The van der Waals surface area contributed by atoms with Crippen LogP contribution in [-0.4, -0.2) is 58.5 Å². The number of nitrogens with one attached hydrogen (secondary N) is 2. The van der Waals surface area contributed by atoms with E-state index >= 15 is 0 Å². The molecule has 2 aromatic rings. The zero-order valence-electron chi connectivity index (χ0n) is 16.2. The second kappa shape index (κ2) is 9.19. The van der Waals surface area contributed by atoms with Crippen molar-refractivity contribution in [1.82, 2.24) is 0 Å². The summed E-state index contributed by atoms with van der Waals surface area (Å²) in [4.78, 5) is 16.4. The standard InChI is InChI=1S/C22H27N3O3/c26-22(19-3-1-18(2-4-19)17-24-9-13-27-14-10-24)23-20-5-7-21(8-6-20)25-11-15-28-16-12-25/h1-8H,9-17H2,(H,23,26)/p+1. The van der Waals surface area contributed by atoms with Crippen molar-refractivity contribution in [3.63, 3.8) is 0 Å². The van der Waals surface area contributed by atoms with E-state index in [1.54, 1.807) is 0 Å². The molecular weight excluding hydrogens is 354 g/mol. The zero-order chi connectivity index (χ0) is 19.2. The van der Waals surface area contributed by atoms with E-state index < -0.39 is 0 Å². The minimum atomic E-state index is -0.0793. The maximum absolute atomic E-state index is 12.5. The van der Waals surface area contributed by atoms with Crippen LogP contribution in [0.1, 0.15) is 15.9 Å². The molecule has 2 aromatic carbocycles. The first-order valence-corrected chi connectivity index (χ1v) is 10.0. The van der Waals surface area contributed by atoms with Gasteiger partial charge in [0.25, 0.3) is 5.91 Å². The van der Waals surface area contributed by atoms with Gasteiger partial charge < -0.3 is 24.6 Å². The van der Waals surface area contributed by atoms with Gasteiger partial charge in [0.15, 0.2) is 0 Å². The van der Waals surface area contributed by atoms with Crippen LogP contribution >= 0.6 is 0 Å². The van der Waals surface area contributed by atoms with E-state index in [9.17, 15) is 4.79 Å². The van der Waals surface area contributed by atoms with E-state index in [1.807, 2.05) is 24.3 Å². The van der Waals surface area contributed by atoms with E-state index in [1.165, 1.54) is 10.5 Å². The van der Waals surface area contributed by atoms with Crippen molar-refractivity contribution in [2.24, 2.45) is 0 Å². The topological polar surface area (TPSA) is 55.2 Å². The molecule has 6 nitrogen and oxygen atoms in total. The van der Waals surface area contributed by atoms with Crippen molar-refractivity contribution in [2.45, 2.75) is 6.54 Å². The molecule has 0 saturated carbocycles. The highest BCUT2D eigenvalue weighted by Gasteiger charge is 2.15. The minimum Gasteiger partial charge on any atom is -0.378 e. The van der Waals surface area contributed by atoms with E-state index in [0.717, 1.165) is 70.5 Å². The summed E-state index contributed by atoms with van der Waals surface area (Å²) in [7, 11) is 0. The lowest BCUT2D eigenvalue weighted by atomic mass is 10.1. The molecular formula is C22H28N3O3+. The van der Waals surface area contributed by atoms with Gasteiger partial charge in [0.05, 0.1) is 26.4 Å². The molecule has 0 bridgehead atoms. The molecule has 28 heavy (non-hydrogen) atoms. The summed E-state index contributed by atoms with van der Waals surface area (Å²) in [5.74, 6) is -0.0793. The highest BCUT2D eigenvalue weighted by molar-refractivity contribution is 6.04. The number of amides is 1. The van der Waals surface area contributed by atoms with Crippen molar-refractivity contribution in [2.75, 3.05) is 62.8 Å². The van der Waals surface area contributed by atoms with E-state index in [-0.39, 0.29) is 5.91 Å². The fourth-order valence-corrected chi connectivity index (χ4v) is 3.68. The number of carbonyl (C=O) groups is 1. The van der Waals surface area contributed by atoms with Crippen LogP contribution in [0.4, 0.5) is 11.4 Å². The Labute approximate surface area is 166 Å². The third-order valence-electron chi connectivity index (χ3n) is 5.37. The molecule has 1 amide bonds. The minimum absolute atomic E-state index is 0.0793. The molecule has 0 aromatic heterocycles. The number of carbonyl (C=O) groups excluding carboxylic acids is 1. The molecule has 2 fully saturated rings. The van der Waals surface area contributed by atoms with E-state index in [4.69, 9.17) is 9.47 Å². The number of hydrogen-bond donors (Lipinski definition) is 2. The molecule has 0 radical (unpaired) electrons. The lowest BCUT2D eigenvalue weighted by Crippen LogP contribution is -3.12. The van der Waals surface area contributed by atoms with Gasteiger partial charge >= 0.3 is 0 Å². The van der Waals surface area contributed by atoms with Crippen LogP contribution in [0.5, 0.6) is 0 Å². The summed E-state index contributed by atoms with van der Waals surface area (Å²) in [6.07, 6.45) is 0. The Hall–Kier alpha value is -2.41. The third kappa shape index (κ3) is 4.90. The Morgan fingerprint density at radius 3 is 2.21 bits per heavy atom. The summed E-state index contributed by atoms with van der Waals surface area (Å²) in [5.41, 5.74) is 3.90. The highest BCUT2D eigenvalue weighted by atomic mass is 16.5. The predicted octanol–water partition coefficient (Wildman–Crippen LogP) is 1.19. The first kappa shape index (κ1) is 18.9.